The van der Waals surface area contributed by atoms with E-state index in [-0.39, 0.29) is 0 Å². The first-order chi connectivity index (χ1) is 12.1. The van der Waals surface area contributed by atoms with E-state index in [0.29, 0.717) is 11.8 Å². The average Bonchev–Trinajstić information content (AvgIpc) is 3.27. The van der Waals surface area contributed by atoms with Crippen LogP contribution in [-0.4, -0.2) is 35.6 Å². The van der Waals surface area contributed by atoms with Gasteiger partial charge in [0, 0.05) is 49.8 Å². The van der Waals surface area contributed by atoms with E-state index in [1.54, 1.807) is 0 Å². The van der Waals surface area contributed by atoms with E-state index in [4.69, 9.17) is 4.52 Å². The monoisotopic (exact) mass is 339 g/mol. The van der Waals surface area contributed by atoms with Crippen LogP contribution in [0.15, 0.2) is 28.8 Å². The minimum atomic E-state index is 0.318. The van der Waals surface area contributed by atoms with Crippen LogP contribution in [0, 0.1) is 13.8 Å². The molecule has 1 aromatic heterocycles. The van der Waals surface area contributed by atoms with Crippen molar-refractivity contribution in [2.24, 2.45) is 0 Å². The van der Waals surface area contributed by atoms with E-state index in [2.05, 4.69) is 34.3 Å². The van der Waals surface area contributed by atoms with Crippen LogP contribution >= 0.6 is 0 Å². The number of fused-ring (bicyclic) bond motifs is 1. The first-order valence-corrected chi connectivity index (χ1v) is 9.17. The second-order valence-electron chi connectivity index (χ2n) is 7.21. The summed E-state index contributed by atoms with van der Waals surface area (Å²) in [6.45, 7) is 7.60. The second kappa shape index (κ2) is 6.54. The number of nitrogens with zero attached hydrogens (tertiary/aromatic N) is 3. The summed E-state index contributed by atoms with van der Waals surface area (Å²) in [6, 6.07) is 8.66. The summed E-state index contributed by atoms with van der Waals surface area (Å²) in [6.07, 6.45) is 2.76. The highest BCUT2D eigenvalue weighted by atomic mass is 16.5. The molecule has 5 heteroatoms. The van der Waals surface area contributed by atoms with Crippen LogP contribution < -0.4 is 4.90 Å². The fraction of sp³-hybridized carbons (Fsp3) is 0.500. The minimum Gasteiger partial charge on any atom is -0.366 e. The summed E-state index contributed by atoms with van der Waals surface area (Å²) in [5.74, 6) is 1.70. The minimum absolute atomic E-state index is 0.318. The summed E-state index contributed by atoms with van der Waals surface area (Å²) >= 11 is 0. The Morgan fingerprint density at radius 2 is 2.08 bits per heavy atom. The van der Waals surface area contributed by atoms with Crippen molar-refractivity contribution in [3.63, 3.8) is 0 Å². The third-order valence-electron chi connectivity index (χ3n) is 5.61. The zero-order valence-corrected chi connectivity index (χ0v) is 15.0. The zero-order chi connectivity index (χ0) is 17.4. The third kappa shape index (κ3) is 3.03. The smallest absolute Gasteiger partial charge is 0.222 e. The number of benzene rings is 1. The van der Waals surface area contributed by atoms with Gasteiger partial charge in [-0.05, 0) is 38.3 Å². The van der Waals surface area contributed by atoms with Gasteiger partial charge in [0.25, 0.3) is 0 Å². The number of anilines is 1. The molecule has 2 aromatic rings. The van der Waals surface area contributed by atoms with Gasteiger partial charge < -0.3 is 14.3 Å². The van der Waals surface area contributed by atoms with Gasteiger partial charge in [-0.3, -0.25) is 4.79 Å². The Kier molecular flexibility index (Phi) is 4.24. The number of aryl methyl sites for hydroxylation is 2. The third-order valence-corrected chi connectivity index (χ3v) is 5.61. The molecule has 0 bridgehead atoms. The van der Waals surface area contributed by atoms with Crippen molar-refractivity contribution in [2.75, 3.05) is 24.5 Å². The fourth-order valence-corrected chi connectivity index (χ4v) is 4.15. The normalized spacial score (nSPS) is 19.8. The number of hydrogen-bond donors (Lipinski definition) is 0. The predicted octanol–water partition coefficient (Wildman–Crippen LogP) is 3.41. The highest BCUT2D eigenvalue weighted by Crippen LogP contribution is 2.39. The van der Waals surface area contributed by atoms with Crippen molar-refractivity contribution in [3.8, 4) is 0 Å². The molecule has 132 valence electrons. The van der Waals surface area contributed by atoms with E-state index in [0.717, 1.165) is 56.9 Å². The Morgan fingerprint density at radius 1 is 1.24 bits per heavy atom. The van der Waals surface area contributed by atoms with Gasteiger partial charge in [0.1, 0.15) is 5.76 Å². The van der Waals surface area contributed by atoms with Crippen molar-refractivity contribution in [1.29, 1.82) is 0 Å². The van der Waals surface area contributed by atoms with Crippen molar-refractivity contribution >= 4 is 11.6 Å². The van der Waals surface area contributed by atoms with Crippen LogP contribution in [-0.2, 0) is 11.3 Å². The van der Waals surface area contributed by atoms with Gasteiger partial charge in [0.15, 0.2) is 0 Å². The van der Waals surface area contributed by atoms with Gasteiger partial charge in [-0.2, -0.15) is 0 Å². The molecule has 3 heterocycles. The molecule has 0 unspecified atom stereocenters. The van der Waals surface area contributed by atoms with Crippen LogP contribution in [0.2, 0.25) is 0 Å². The zero-order valence-electron chi connectivity index (χ0n) is 15.0. The van der Waals surface area contributed by atoms with Crippen molar-refractivity contribution in [1.82, 2.24) is 10.1 Å². The fourth-order valence-electron chi connectivity index (χ4n) is 4.15. The Hall–Kier alpha value is -2.30. The highest BCUT2D eigenvalue weighted by Gasteiger charge is 2.30. The Labute approximate surface area is 148 Å². The van der Waals surface area contributed by atoms with Crippen molar-refractivity contribution < 1.29 is 9.32 Å². The molecule has 1 amide bonds. The SMILES string of the molecule is Cc1noc(C)c1CN1C[C@@H](CCN2CCCC2=O)c2ccccc21. The molecule has 0 N–H and O–H groups in total. The van der Waals surface area contributed by atoms with E-state index < -0.39 is 0 Å². The Balaban J connectivity index is 1.50. The lowest BCUT2D eigenvalue weighted by molar-refractivity contribution is -0.127. The number of amides is 1. The maximum atomic E-state index is 11.9. The Morgan fingerprint density at radius 3 is 2.80 bits per heavy atom. The first-order valence-electron chi connectivity index (χ1n) is 9.17. The summed E-state index contributed by atoms with van der Waals surface area (Å²) < 4.78 is 5.33. The van der Waals surface area contributed by atoms with Gasteiger partial charge in [-0.1, -0.05) is 23.4 Å². The molecule has 1 saturated heterocycles. The molecular weight excluding hydrogens is 314 g/mol. The van der Waals surface area contributed by atoms with Gasteiger partial charge in [-0.15, -0.1) is 0 Å². The van der Waals surface area contributed by atoms with E-state index in [1.165, 1.54) is 16.8 Å². The van der Waals surface area contributed by atoms with Crippen LogP contribution in [0.5, 0.6) is 0 Å². The van der Waals surface area contributed by atoms with Gasteiger partial charge in [0.05, 0.1) is 5.69 Å². The number of carbonyl (C=O) groups excluding carboxylic acids is 1. The Bertz CT molecular complexity index is 763. The molecule has 1 aromatic carbocycles. The lowest BCUT2D eigenvalue weighted by atomic mass is 9.98. The van der Waals surface area contributed by atoms with E-state index in [9.17, 15) is 4.79 Å². The predicted molar refractivity (Wildman–Crippen MR) is 96.6 cm³/mol. The molecule has 0 saturated carbocycles. The molecule has 0 aliphatic carbocycles. The number of carbonyl (C=O) groups is 1. The van der Waals surface area contributed by atoms with Crippen LogP contribution in [0.25, 0.3) is 0 Å². The largest absolute Gasteiger partial charge is 0.366 e. The lowest BCUT2D eigenvalue weighted by Gasteiger charge is -2.21. The highest BCUT2D eigenvalue weighted by molar-refractivity contribution is 5.78. The maximum Gasteiger partial charge on any atom is 0.222 e. The number of hydrogen-bond acceptors (Lipinski definition) is 4. The summed E-state index contributed by atoms with van der Waals surface area (Å²) in [7, 11) is 0. The quantitative estimate of drug-likeness (QED) is 0.838. The maximum absolute atomic E-state index is 11.9. The summed E-state index contributed by atoms with van der Waals surface area (Å²) in [5.41, 5.74) is 4.87. The molecule has 25 heavy (non-hydrogen) atoms. The average molecular weight is 339 g/mol. The van der Waals surface area contributed by atoms with Crippen LogP contribution in [0.4, 0.5) is 5.69 Å². The number of rotatable bonds is 5. The number of aromatic nitrogens is 1. The molecular formula is C20H25N3O2. The van der Waals surface area contributed by atoms with Crippen molar-refractivity contribution in [3.05, 3.63) is 46.8 Å². The first kappa shape index (κ1) is 16.2. The molecule has 2 aliphatic heterocycles. The van der Waals surface area contributed by atoms with Crippen molar-refractivity contribution in [2.45, 2.75) is 45.6 Å². The summed E-state index contributed by atoms with van der Waals surface area (Å²) in [4.78, 5) is 16.3. The van der Waals surface area contributed by atoms with Crippen LogP contribution in [0.1, 0.15) is 47.8 Å². The van der Waals surface area contributed by atoms with Gasteiger partial charge >= 0.3 is 0 Å². The molecule has 1 fully saturated rings. The molecule has 2 aliphatic rings. The molecule has 4 rings (SSSR count). The summed E-state index contributed by atoms with van der Waals surface area (Å²) in [5, 5.41) is 4.08. The van der Waals surface area contributed by atoms with E-state index >= 15 is 0 Å². The van der Waals surface area contributed by atoms with E-state index in [1.807, 2.05) is 18.7 Å². The molecule has 0 spiro atoms. The van der Waals surface area contributed by atoms with Gasteiger partial charge in [-0.25, -0.2) is 0 Å². The number of para-hydroxylation sites is 1. The topological polar surface area (TPSA) is 49.6 Å². The standard InChI is InChI=1S/C20H25N3O2/c1-14-18(15(2)25-21-14)13-23-12-16(17-6-3-4-7-19(17)23)9-11-22-10-5-8-20(22)24/h3-4,6-7,16H,5,8-13H2,1-2H3/t16-/m1/s1. The molecule has 0 radical (unpaired) electrons. The lowest BCUT2D eigenvalue weighted by Crippen LogP contribution is -2.28. The molecule has 1 atom stereocenters. The number of likely N-dealkylation sites (tertiary alicyclic amines) is 1. The van der Waals surface area contributed by atoms with Gasteiger partial charge in [0.2, 0.25) is 5.91 Å². The molecule has 5 nitrogen and oxygen atoms in total. The second-order valence-corrected chi connectivity index (χ2v) is 7.21. The van der Waals surface area contributed by atoms with Crippen LogP contribution in [0.3, 0.4) is 0 Å².